The summed E-state index contributed by atoms with van der Waals surface area (Å²) in [6, 6.07) is 2.29. The Morgan fingerprint density at radius 1 is 0.800 bits per heavy atom. The first-order valence-corrected chi connectivity index (χ1v) is 13.8. The SMILES string of the molecule is CCCCCCCCCCCCCCCCOC(=O)C(CC(C)C)NC(=O)c1c(F)cccc1F. The second-order valence-electron chi connectivity index (χ2n) is 10.0. The molecule has 0 aliphatic carbocycles. The van der Waals surface area contributed by atoms with Gasteiger partial charge in [0.1, 0.15) is 23.2 Å². The molecule has 0 aliphatic heterocycles. The van der Waals surface area contributed by atoms with Gasteiger partial charge >= 0.3 is 5.97 Å². The molecular weight excluding hydrogens is 448 g/mol. The highest BCUT2D eigenvalue weighted by molar-refractivity contribution is 5.97. The van der Waals surface area contributed by atoms with Crippen LogP contribution in [-0.2, 0) is 9.53 Å². The average molecular weight is 496 g/mol. The second-order valence-corrected chi connectivity index (χ2v) is 10.0. The summed E-state index contributed by atoms with van der Waals surface area (Å²) in [5.41, 5.74) is -0.680. The van der Waals surface area contributed by atoms with Crippen LogP contribution in [0.4, 0.5) is 8.78 Å². The third-order valence-electron chi connectivity index (χ3n) is 6.23. The zero-order valence-electron chi connectivity index (χ0n) is 22.2. The van der Waals surface area contributed by atoms with Gasteiger partial charge in [0.15, 0.2) is 0 Å². The monoisotopic (exact) mass is 495 g/mol. The van der Waals surface area contributed by atoms with Crippen molar-refractivity contribution in [3.8, 4) is 0 Å². The molecule has 4 nitrogen and oxygen atoms in total. The molecule has 0 saturated carbocycles. The molecule has 0 heterocycles. The van der Waals surface area contributed by atoms with Crippen molar-refractivity contribution >= 4 is 11.9 Å². The van der Waals surface area contributed by atoms with Gasteiger partial charge in [-0.15, -0.1) is 0 Å². The van der Waals surface area contributed by atoms with Gasteiger partial charge < -0.3 is 10.1 Å². The summed E-state index contributed by atoms with van der Waals surface area (Å²) in [5.74, 6) is -3.32. The van der Waals surface area contributed by atoms with Crippen LogP contribution in [0.1, 0.15) is 127 Å². The maximum atomic E-state index is 13.9. The molecule has 1 rings (SSSR count). The van der Waals surface area contributed by atoms with E-state index in [0.717, 1.165) is 31.4 Å². The average Bonchev–Trinajstić information content (AvgIpc) is 2.80. The molecule has 0 aliphatic rings. The highest BCUT2D eigenvalue weighted by atomic mass is 19.1. The number of nitrogens with one attached hydrogen (secondary N) is 1. The van der Waals surface area contributed by atoms with Crippen molar-refractivity contribution in [3.63, 3.8) is 0 Å². The van der Waals surface area contributed by atoms with E-state index in [1.807, 2.05) is 13.8 Å². The quantitative estimate of drug-likeness (QED) is 0.147. The Bertz CT molecular complexity index is 704. The summed E-state index contributed by atoms with van der Waals surface area (Å²) in [4.78, 5) is 24.9. The van der Waals surface area contributed by atoms with Gasteiger partial charge in [0.2, 0.25) is 0 Å². The van der Waals surface area contributed by atoms with E-state index in [1.54, 1.807) is 0 Å². The van der Waals surface area contributed by atoms with Gasteiger partial charge in [-0.2, -0.15) is 0 Å². The molecule has 6 heteroatoms. The molecule has 1 N–H and O–H groups in total. The largest absolute Gasteiger partial charge is 0.464 e. The van der Waals surface area contributed by atoms with Crippen molar-refractivity contribution in [2.75, 3.05) is 6.61 Å². The molecule has 0 aromatic heterocycles. The van der Waals surface area contributed by atoms with E-state index in [9.17, 15) is 18.4 Å². The van der Waals surface area contributed by atoms with Gasteiger partial charge in [0.05, 0.1) is 6.61 Å². The number of unbranched alkanes of at least 4 members (excludes halogenated alkanes) is 13. The fraction of sp³-hybridized carbons (Fsp3) is 0.724. The van der Waals surface area contributed by atoms with Crippen molar-refractivity contribution in [1.29, 1.82) is 0 Å². The predicted octanol–water partition coefficient (Wildman–Crippen LogP) is 8.13. The van der Waals surface area contributed by atoms with E-state index >= 15 is 0 Å². The van der Waals surface area contributed by atoms with Crippen LogP contribution in [0.2, 0.25) is 0 Å². The zero-order chi connectivity index (χ0) is 25.9. The number of ether oxygens (including phenoxy) is 1. The lowest BCUT2D eigenvalue weighted by Crippen LogP contribution is -2.43. The zero-order valence-corrected chi connectivity index (χ0v) is 22.2. The first-order valence-electron chi connectivity index (χ1n) is 13.8. The highest BCUT2D eigenvalue weighted by Crippen LogP contribution is 2.15. The fourth-order valence-corrected chi connectivity index (χ4v) is 4.20. The van der Waals surface area contributed by atoms with Crippen molar-refractivity contribution < 1.29 is 23.1 Å². The van der Waals surface area contributed by atoms with Crippen LogP contribution in [-0.4, -0.2) is 24.5 Å². The van der Waals surface area contributed by atoms with Gasteiger partial charge in [-0.25, -0.2) is 13.6 Å². The first-order chi connectivity index (χ1) is 16.9. The number of rotatable bonds is 20. The molecule has 1 aromatic rings. The molecule has 1 atom stereocenters. The minimum Gasteiger partial charge on any atom is -0.464 e. The second kappa shape index (κ2) is 19.2. The maximum absolute atomic E-state index is 13.9. The van der Waals surface area contributed by atoms with Gasteiger partial charge in [0.25, 0.3) is 5.91 Å². The van der Waals surface area contributed by atoms with Crippen LogP contribution in [0.3, 0.4) is 0 Å². The van der Waals surface area contributed by atoms with Crippen LogP contribution in [0.5, 0.6) is 0 Å². The Morgan fingerprint density at radius 3 is 1.71 bits per heavy atom. The Kier molecular flexibility index (Phi) is 17.1. The minimum absolute atomic E-state index is 0.0966. The van der Waals surface area contributed by atoms with Gasteiger partial charge in [-0.05, 0) is 30.9 Å². The topological polar surface area (TPSA) is 55.4 Å². The number of carbonyl (C=O) groups excluding carboxylic acids is 2. The smallest absolute Gasteiger partial charge is 0.328 e. The molecule has 0 saturated heterocycles. The van der Waals surface area contributed by atoms with E-state index in [4.69, 9.17) is 4.74 Å². The molecule has 1 amide bonds. The Balaban J connectivity index is 2.19. The Morgan fingerprint density at radius 2 is 1.26 bits per heavy atom. The summed E-state index contributed by atoms with van der Waals surface area (Å²) >= 11 is 0. The molecule has 1 aromatic carbocycles. The summed E-state index contributed by atoms with van der Waals surface area (Å²) in [7, 11) is 0. The molecule has 200 valence electrons. The van der Waals surface area contributed by atoms with E-state index in [2.05, 4.69) is 12.2 Å². The number of halogens is 2. The first kappa shape index (κ1) is 31.1. The summed E-state index contributed by atoms with van der Waals surface area (Å²) in [6.45, 7) is 6.35. The molecule has 0 radical (unpaired) electrons. The Hall–Kier alpha value is -1.98. The molecule has 1 unspecified atom stereocenters. The maximum Gasteiger partial charge on any atom is 0.328 e. The minimum atomic E-state index is -0.957. The van der Waals surface area contributed by atoms with Crippen LogP contribution >= 0.6 is 0 Å². The van der Waals surface area contributed by atoms with E-state index in [-0.39, 0.29) is 12.5 Å². The van der Waals surface area contributed by atoms with Gasteiger partial charge in [-0.3, -0.25) is 4.79 Å². The number of benzene rings is 1. The summed E-state index contributed by atoms with van der Waals surface area (Å²) in [6.07, 6.45) is 17.8. The van der Waals surface area contributed by atoms with Crippen LogP contribution in [0, 0.1) is 17.6 Å². The lowest BCUT2D eigenvalue weighted by Gasteiger charge is -2.19. The van der Waals surface area contributed by atoms with Crippen LogP contribution in [0.15, 0.2) is 18.2 Å². The Labute approximate surface area is 211 Å². The predicted molar refractivity (Wildman–Crippen MR) is 138 cm³/mol. The van der Waals surface area contributed by atoms with Crippen LogP contribution in [0.25, 0.3) is 0 Å². The molecule has 35 heavy (non-hydrogen) atoms. The van der Waals surface area contributed by atoms with Gasteiger partial charge in [-0.1, -0.05) is 110 Å². The lowest BCUT2D eigenvalue weighted by molar-refractivity contribution is -0.146. The third-order valence-corrected chi connectivity index (χ3v) is 6.23. The molecule has 0 fully saturated rings. The van der Waals surface area contributed by atoms with Gasteiger partial charge in [0, 0.05) is 0 Å². The standard InChI is InChI=1S/C29H47F2NO3/c1-4-5-6-7-8-9-10-11-12-13-14-15-16-17-21-35-29(34)26(22-23(2)3)32-28(33)27-24(30)19-18-20-25(27)31/h18-20,23,26H,4-17,21-22H2,1-3H3,(H,32,33). The van der Waals surface area contributed by atoms with E-state index < -0.39 is 35.1 Å². The number of carbonyl (C=O) groups is 2. The lowest BCUT2D eigenvalue weighted by atomic mass is 10.0. The van der Waals surface area contributed by atoms with Crippen molar-refractivity contribution in [2.45, 2.75) is 123 Å². The van der Waals surface area contributed by atoms with Crippen molar-refractivity contribution in [3.05, 3.63) is 35.4 Å². The number of hydrogen-bond donors (Lipinski definition) is 1. The molecular formula is C29H47F2NO3. The van der Waals surface area contributed by atoms with Crippen molar-refractivity contribution in [1.82, 2.24) is 5.32 Å². The fourth-order valence-electron chi connectivity index (χ4n) is 4.20. The summed E-state index contributed by atoms with van der Waals surface area (Å²) in [5, 5.41) is 2.45. The van der Waals surface area contributed by atoms with Crippen molar-refractivity contribution in [2.24, 2.45) is 5.92 Å². The number of amides is 1. The summed E-state index contributed by atoms with van der Waals surface area (Å²) < 4.78 is 33.2. The normalized spacial score (nSPS) is 12.1. The number of hydrogen-bond acceptors (Lipinski definition) is 3. The van der Waals surface area contributed by atoms with Crippen LogP contribution < -0.4 is 5.32 Å². The highest BCUT2D eigenvalue weighted by Gasteiger charge is 2.26. The van der Waals surface area contributed by atoms with E-state index in [1.165, 1.54) is 76.7 Å². The van der Waals surface area contributed by atoms with E-state index in [0.29, 0.717) is 6.42 Å². The third kappa shape index (κ3) is 14.2. The number of esters is 1. The molecule has 0 bridgehead atoms. The molecule has 0 spiro atoms.